The Labute approximate surface area is 244 Å². The maximum Gasteiger partial charge on any atom is 0.331 e. The molecule has 42 heavy (non-hydrogen) atoms. The van der Waals surface area contributed by atoms with E-state index in [1.165, 1.54) is 13.8 Å². The molecule has 8 heteroatoms. The number of aromatic nitrogens is 1. The van der Waals surface area contributed by atoms with Crippen molar-refractivity contribution in [2.24, 2.45) is 10.3 Å². The van der Waals surface area contributed by atoms with E-state index >= 15 is 0 Å². The first-order valence-corrected chi connectivity index (χ1v) is 13.4. The molecule has 0 bridgehead atoms. The zero-order chi connectivity index (χ0) is 29.6. The highest BCUT2D eigenvalue weighted by atomic mass is 16.7. The van der Waals surface area contributed by atoms with Crippen molar-refractivity contribution in [3.8, 4) is 5.69 Å². The number of nitrogens with zero attached hydrogens (tertiary/aromatic N) is 4. The normalized spacial score (nSPS) is 11.8. The summed E-state index contributed by atoms with van der Waals surface area (Å²) in [6, 6.07) is 34.3. The van der Waals surface area contributed by atoms with Crippen LogP contribution in [0.25, 0.3) is 16.6 Å². The summed E-state index contributed by atoms with van der Waals surface area (Å²) in [6.45, 7) is 6.25. The Bertz CT molecular complexity index is 1790. The second-order valence-electron chi connectivity index (χ2n) is 9.69. The molecule has 0 aliphatic heterocycles. The van der Waals surface area contributed by atoms with E-state index in [4.69, 9.17) is 9.68 Å². The smallest absolute Gasteiger partial charge is 0.318 e. The number of oxime groups is 2. The molecule has 5 aromatic rings. The summed E-state index contributed by atoms with van der Waals surface area (Å²) in [5, 5.41) is 8.93. The number of carbonyl (C=O) groups is 2. The molecular weight excluding hydrogens is 528 g/mol. The Morgan fingerprint density at radius 2 is 1.17 bits per heavy atom. The second kappa shape index (κ2) is 12.3. The Kier molecular flexibility index (Phi) is 8.24. The quantitative estimate of drug-likeness (QED) is 0.111. The van der Waals surface area contributed by atoms with E-state index in [1.54, 1.807) is 6.92 Å². The van der Waals surface area contributed by atoms with Crippen LogP contribution in [0.5, 0.6) is 0 Å². The highest BCUT2D eigenvalue weighted by Gasteiger charge is 2.20. The lowest BCUT2D eigenvalue weighted by molar-refractivity contribution is -0.141. The predicted molar refractivity (Wildman–Crippen MR) is 166 cm³/mol. The van der Waals surface area contributed by atoms with Gasteiger partial charge in [0.2, 0.25) is 0 Å². The minimum atomic E-state index is -0.470. The molecule has 0 fully saturated rings. The molecule has 0 saturated heterocycles. The van der Waals surface area contributed by atoms with Crippen LogP contribution >= 0.6 is 0 Å². The molecular formula is C34H30N4O4. The highest BCUT2D eigenvalue weighted by Crippen LogP contribution is 2.41. The van der Waals surface area contributed by atoms with E-state index in [1.807, 2.05) is 73.7 Å². The third-order valence-electron chi connectivity index (χ3n) is 6.66. The largest absolute Gasteiger partial charge is 0.331 e. The Balaban J connectivity index is 1.68. The molecule has 4 aromatic carbocycles. The summed E-state index contributed by atoms with van der Waals surface area (Å²) in [4.78, 5) is 34.5. The van der Waals surface area contributed by atoms with Crippen LogP contribution in [0.4, 0.5) is 17.1 Å². The first kappa shape index (κ1) is 28.0. The van der Waals surface area contributed by atoms with Crippen LogP contribution in [-0.2, 0) is 19.3 Å². The number of anilines is 3. The van der Waals surface area contributed by atoms with E-state index in [-0.39, 0.29) is 0 Å². The molecule has 1 heterocycles. The van der Waals surface area contributed by atoms with Crippen LogP contribution in [0, 0.1) is 0 Å². The standard InChI is InChI=1S/C34H30N4O4/c1-23(35-41-25(3)39)27-15-18-31(19-16-27)38(30-13-9-6-10-14-30)34-22-37(29-11-7-5-8-12-29)33-21-28(17-20-32(33)34)24(2)36-42-26(4)40/h5-22H,1-4H3/b35-23-,36-24+. The molecule has 0 amide bonds. The number of para-hydroxylation sites is 2. The molecule has 0 radical (unpaired) electrons. The summed E-state index contributed by atoms with van der Waals surface area (Å²) in [5.74, 6) is -0.935. The van der Waals surface area contributed by atoms with Crippen LogP contribution in [0.15, 0.2) is 120 Å². The number of hydrogen-bond donors (Lipinski definition) is 0. The minimum Gasteiger partial charge on any atom is -0.318 e. The average Bonchev–Trinajstić information content (AvgIpc) is 3.38. The lowest BCUT2D eigenvalue weighted by Gasteiger charge is -2.25. The minimum absolute atomic E-state index is 0.466. The van der Waals surface area contributed by atoms with E-state index in [2.05, 4.69) is 62.4 Å². The van der Waals surface area contributed by atoms with Crippen molar-refractivity contribution in [1.29, 1.82) is 0 Å². The summed E-state index contributed by atoms with van der Waals surface area (Å²) in [7, 11) is 0. The summed E-state index contributed by atoms with van der Waals surface area (Å²) >= 11 is 0. The maximum absolute atomic E-state index is 11.3. The van der Waals surface area contributed by atoms with Crippen LogP contribution in [0.2, 0.25) is 0 Å². The monoisotopic (exact) mass is 558 g/mol. The van der Waals surface area contributed by atoms with Gasteiger partial charge in [-0.15, -0.1) is 0 Å². The van der Waals surface area contributed by atoms with Crippen molar-refractivity contribution in [1.82, 2.24) is 4.57 Å². The maximum atomic E-state index is 11.3. The Hall–Kier alpha value is -5.50. The van der Waals surface area contributed by atoms with Crippen LogP contribution in [0.1, 0.15) is 38.8 Å². The number of carbonyl (C=O) groups excluding carboxylic acids is 2. The summed E-state index contributed by atoms with van der Waals surface area (Å²) in [6.07, 6.45) is 2.12. The predicted octanol–water partition coefficient (Wildman–Crippen LogP) is 7.67. The van der Waals surface area contributed by atoms with Crippen molar-refractivity contribution < 1.29 is 19.3 Å². The molecule has 0 saturated carbocycles. The highest BCUT2D eigenvalue weighted by molar-refractivity contribution is 6.06. The van der Waals surface area contributed by atoms with Gasteiger partial charge >= 0.3 is 11.9 Å². The molecule has 0 N–H and O–H groups in total. The van der Waals surface area contributed by atoms with Gasteiger partial charge in [-0.1, -0.05) is 71.0 Å². The number of fused-ring (bicyclic) bond motifs is 1. The van der Waals surface area contributed by atoms with Gasteiger partial charge in [0.05, 0.1) is 22.6 Å². The lowest BCUT2D eigenvalue weighted by Crippen LogP contribution is -2.10. The molecule has 0 aliphatic carbocycles. The first-order valence-electron chi connectivity index (χ1n) is 13.4. The molecule has 8 nitrogen and oxygen atoms in total. The Morgan fingerprint density at radius 1 is 0.643 bits per heavy atom. The second-order valence-corrected chi connectivity index (χ2v) is 9.69. The van der Waals surface area contributed by atoms with Gasteiger partial charge in [0.1, 0.15) is 0 Å². The van der Waals surface area contributed by atoms with Gasteiger partial charge in [-0.05, 0) is 61.9 Å². The van der Waals surface area contributed by atoms with Crippen LogP contribution in [0.3, 0.4) is 0 Å². The van der Waals surface area contributed by atoms with Gasteiger partial charge < -0.3 is 19.1 Å². The fourth-order valence-electron chi connectivity index (χ4n) is 4.64. The molecule has 0 aliphatic rings. The van der Waals surface area contributed by atoms with Crippen molar-refractivity contribution in [2.75, 3.05) is 4.90 Å². The van der Waals surface area contributed by atoms with Gasteiger partial charge in [0.15, 0.2) is 0 Å². The molecule has 5 rings (SSSR count). The van der Waals surface area contributed by atoms with Crippen LogP contribution in [-0.4, -0.2) is 27.9 Å². The van der Waals surface area contributed by atoms with Crippen molar-refractivity contribution in [3.05, 3.63) is 120 Å². The summed E-state index contributed by atoms with van der Waals surface area (Å²) < 4.78 is 2.15. The average molecular weight is 559 g/mol. The van der Waals surface area contributed by atoms with Gasteiger partial charge in [-0.25, -0.2) is 9.59 Å². The van der Waals surface area contributed by atoms with Gasteiger partial charge in [-0.3, -0.25) is 0 Å². The Morgan fingerprint density at radius 3 is 1.76 bits per heavy atom. The number of rotatable bonds is 8. The zero-order valence-corrected chi connectivity index (χ0v) is 23.8. The van der Waals surface area contributed by atoms with Crippen molar-refractivity contribution in [3.63, 3.8) is 0 Å². The third kappa shape index (κ3) is 6.13. The van der Waals surface area contributed by atoms with Gasteiger partial charge in [-0.2, -0.15) is 0 Å². The topological polar surface area (TPSA) is 85.5 Å². The van der Waals surface area contributed by atoms with E-state index in [0.717, 1.165) is 44.8 Å². The third-order valence-corrected chi connectivity index (χ3v) is 6.66. The molecule has 1 aromatic heterocycles. The van der Waals surface area contributed by atoms with Crippen molar-refractivity contribution >= 4 is 51.3 Å². The van der Waals surface area contributed by atoms with Gasteiger partial charge in [0.25, 0.3) is 0 Å². The van der Waals surface area contributed by atoms with E-state index in [0.29, 0.717) is 11.4 Å². The van der Waals surface area contributed by atoms with E-state index in [9.17, 15) is 9.59 Å². The van der Waals surface area contributed by atoms with Crippen LogP contribution < -0.4 is 4.90 Å². The molecule has 0 spiro atoms. The first-order chi connectivity index (χ1) is 20.3. The SMILES string of the molecule is CC(=O)O/N=C(/C)c1ccc(N(c2ccccc2)c2cn(-c3ccccc3)c3cc(/C(C)=N/OC(C)=O)ccc23)cc1. The lowest BCUT2D eigenvalue weighted by atomic mass is 10.1. The fraction of sp³-hybridized carbons (Fsp3) is 0.118. The summed E-state index contributed by atoms with van der Waals surface area (Å²) in [5.41, 5.74) is 7.73. The fourth-order valence-corrected chi connectivity index (χ4v) is 4.64. The number of hydrogen-bond acceptors (Lipinski definition) is 7. The molecule has 0 unspecified atom stereocenters. The molecule has 210 valence electrons. The molecule has 0 atom stereocenters. The zero-order valence-electron chi connectivity index (χ0n) is 23.8. The number of benzene rings is 4. The van der Waals surface area contributed by atoms with Gasteiger partial charge in [0, 0.05) is 48.1 Å². The van der Waals surface area contributed by atoms with E-state index < -0.39 is 11.9 Å². The van der Waals surface area contributed by atoms with Crippen molar-refractivity contribution in [2.45, 2.75) is 27.7 Å².